The number of carbonyl (C=O) groups is 1. The summed E-state index contributed by atoms with van der Waals surface area (Å²) in [7, 11) is -3.52. The molecule has 140 valence electrons. The molecule has 9 heteroatoms. The molecule has 1 atom stereocenters. The quantitative estimate of drug-likeness (QED) is 0.777. The number of primary sulfonamides is 1. The van der Waals surface area contributed by atoms with Crippen molar-refractivity contribution in [3.63, 3.8) is 0 Å². The van der Waals surface area contributed by atoms with Crippen LogP contribution in [-0.2, 0) is 21.4 Å². The molecule has 0 saturated carbocycles. The second kappa shape index (κ2) is 7.55. The van der Waals surface area contributed by atoms with Gasteiger partial charge in [-0.2, -0.15) is 0 Å². The van der Waals surface area contributed by atoms with Crippen molar-refractivity contribution in [3.05, 3.63) is 40.9 Å². The number of aryl methyl sites for hydroxylation is 1. The van der Waals surface area contributed by atoms with Gasteiger partial charge in [0.2, 0.25) is 15.9 Å². The normalized spacial score (nSPS) is 17.7. The van der Waals surface area contributed by atoms with E-state index in [-0.39, 0.29) is 23.1 Å². The highest BCUT2D eigenvalue weighted by Gasteiger charge is 2.28. The lowest BCUT2D eigenvalue weighted by Crippen LogP contribution is -2.31. The van der Waals surface area contributed by atoms with Crippen LogP contribution in [0.3, 0.4) is 0 Å². The van der Waals surface area contributed by atoms with Crippen LogP contribution in [0.5, 0.6) is 0 Å². The average Bonchev–Trinajstić information content (AvgIpc) is 3.03. The van der Waals surface area contributed by atoms with Crippen molar-refractivity contribution < 1.29 is 13.2 Å². The number of nitrogens with two attached hydrogens (primary N) is 1. The van der Waals surface area contributed by atoms with Crippen LogP contribution in [0.2, 0.25) is 0 Å². The van der Waals surface area contributed by atoms with Gasteiger partial charge in [-0.25, -0.2) is 18.5 Å². The highest BCUT2D eigenvalue weighted by atomic mass is 32.2. The standard InChI is InChI=1S/C17H22N4O4S/c18-26(24,25)11-13-7-9-20(10-13)16(22)6-3-8-21-12-19-15-5-2-1-4-14(15)17(21)23/h1-2,4-5,12-13H,3,6-11H2,(H2,18,24,25). The van der Waals surface area contributed by atoms with Crippen LogP contribution in [0.15, 0.2) is 35.4 Å². The Bertz CT molecular complexity index is 970. The first-order chi connectivity index (χ1) is 12.3. The number of rotatable bonds is 6. The minimum absolute atomic E-state index is 0.0243. The summed E-state index contributed by atoms with van der Waals surface area (Å²) in [5.41, 5.74) is 0.542. The predicted octanol–water partition coefficient (Wildman–Crippen LogP) is 0.314. The third-order valence-electron chi connectivity index (χ3n) is 4.63. The third kappa shape index (κ3) is 4.47. The van der Waals surface area contributed by atoms with Crippen LogP contribution >= 0.6 is 0 Å². The third-order valence-corrected chi connectivity index (χ3v) is 5.56. The van der Waals surface area contributed by atoms with Crippen molar-refractivity contribution in [1.29, 1.82) is 0 Å². The first-order valence-corrected chi connectivity index (χ1v) is 10.3. The maximum absolute atomic E-state index is 12.4. The van der Waals surface area contributed by atoms with Gasteiger partial charge in [0.15, 0.2) is 0 Å². The van der Waals surface area contributed by atoms with E-state index in [2.05, 4.69) is 4.98 Å². The van der Waals surface area contributed by atoms with Gasteiger partial charge in [-0.05, 0) is 30.9 Å². The van der Waals surface area contributed by atoms with Crippen molar-refractivity contribution >= 4 is 26.8 Å². The Kier molecular flexibility index (Phi) is 5.38. The number of benzene rings is 1. The number of carbonyl (C=O) groups excluding carboxylic acids is 1. The van der Waals surface area contributed by atoms with E-state index in [1.807, 2.05) is 6.07 Å². The minimum Gasteiger partial charge on any atom is -0.342 e. The van der Waals surface area contributed by atoms with Gasteiger partial charge in [-0.15, -0.1) is 0 Å². The average molecular weight is 378 g/mol. The molecule has 2 heterocycles. The number of aromatic nitrogens is 2. The lowest BCUT2D eigenvalue weighted by Gasteiger charge is -2.16. The maximum Gasteiger partial charge on any atom is 0.261 e. The summed E-state index contributed by atoms with van der Waals surface area (Å²) in [6.07, 6.45) is 2.99. The Balaban J connectivity index is 1.53. The summed E-state index contributed by atoms with van der Waals surface area (Å²) < 4.78 is 23.8. The molecule has 1 unspecified atom stereocenters. The molecule has 0 spiro atoms. The molecule has 8 nitrogen and oxygen atoms in total. The Morgan fingerprint density at radius 3 is 2.85 bits per heavy atom. The second-order valence-corrected chi connectivity index (χ2v) is 8.35. The summed E-state index contributed by atoms with van der Waals surface area (Å²) in [4.78, 5) is 30.6. The molecule has 3 rings (SSSR count). The molecule has 0 aliphatic carbocycles. The Hall–Kier alpha value is -2.26. The van der Waals surface area contributed by atoms with Gasteiger partial charge in [0.05, 0.1) is 23.0 Å². The van der Waals surface area contributed by atoms with Crippen LogP contribution in [-0.4, -0.2) is 47.6 Å². The SMILES string of the molecule is NS(=O)(=O)CC1CCN(C(=O)CCCn2cnc3ccccc3c2=O)C1. The molecule has 26 heavy (non-hydrogen) atoms. The molecule has 1 aliphatic heterocycles. The molecule has 0 bridgehead atoms. The Morgan fingerprint density at radius 2 is 2.08 bits per heavy atom. The summed E-state index contributed by atoms with van der Waals surface area (Å²) >= 11 is 0. The first kappa shape index (κ1) is 18.5. The fraction of sp³-hybridized carbons (Fsp3) is 0.471. The van der Waals surface area contributed by atoms with E-state index in [1.54, 1.807) is 23.1 Å². The number of hydrogen-bond acceptors (Lipinski definition) is 5. The van der Waals surface area contributed by atoms with Gasteiger partial charge in [0.1, 0.15) is 0 Å². The van der Waals surface area contributed by atoms with Crippen molar-refractivity contribution in [3.8, 4) is 0 Å². The molecule has 1 saturated heterocycles. The van der Waals surface area contributed by atoms with E-state index in [1.165, 1.54) is 10.9 Å². The van der Waals surface area contributed by atoms with Gasteiger partial charge >= 0.3 is 0 Å². The zero-order valence-corrected chi connectivity index (χ0v) is 15.2. The van der Waals surface area contributed by atoms with Gasteiger partial charge in [0, 0.05) is 26.1 Å². The molecule has 1 fully saturated rings. The van der Waals surface area contributed by atoms with Gasteiger partial charge in [-0.3, -0.25) is 14.2 Å². The van der Waals surface area contributed by atoms with E-state index in [9.17, 15) is 18.0 Å². The molecule has 0 radical (unpaired) electrons. The predicted molar refractivity (Wildman–Crippen MR) is 97.9 cm³/mol. The summed E-state index contributed by atoms with van der Waals surface area (Å²) in [5, 5.41) is 5.63. The van der Waals surface area contributed by atoms with Crippen LogP contribution in [0.25, 0.3) is 10.9 Å². The fourth-order valence-corrected chi connectivity index (χ4v) is 4.28. The van der Waals surface area contributed by atoms with Crippen molar-refractivity contribution in [1.82, 2.24) is 14.5 Å². The number of hydrogen-bond donors (Lipinski definition) is 1. The zero-order valence-electron chi connectivity index (χ0n) is 14.4. The first-order valence-electron chi connectivity index (χ1n) is 8.56. The Labute approximate surface area is 151 Å². The molecule has 2 aromatic rings. The molecule has 1 aliphatic rings. The maximum atomic E-state index is 12.4. The minimum atomic E-state index is -3.52. The zero-order chi connectivity index (χ0) is 18.7. The number of sulfonamides is 1. The molecule has 1 aromatic carbocycles. The monoisotopic (exact) mass is 378 g/mol. The highest BCUT2D eigenvalue weighted by molar-refractivity contribution is 7.89. The molecule has 2 N–H and O–H groups in total. The number of para-hydroxylation sites is 1. The van der Waals surface area contributed by atoms with Crippen LogP contribution < -0.4 is 10.7 Å². The number of nitrogens with zero attached hydrogens (tertiary/aromatic N) is 3. The van der Waals surface area contributed by atoms with Crippen molar-refractivity contribution in [2.45, 2.75) is 25.8 Å². The summed E-state index contributed by atoms with van der Waals surface area (Å²) in [5.74, 6) is -0.209. The van der Waals surface area contributed by atoms with Gasteiger partial charge in [0.25, 0.3) is 5.56 Å². The van der Waals surface area contributed by atoms with Crippen molar-refractivity contribution in [2.24, 2.45) is 11.1 Å². The van der Waals surface area contributed by atoms with Crippen LogP contribution in [0, 0.1) is 5.92 Å². The van der Waals surface area contributed by atoms with Crippen LogP contribution in [0.4, 0.5) is 0 Å². The lowest BCUT2D eigenvalue weighted by atomic mass is 10.2. The number of likely N-dealkylation sites (tertiary alicyclic amines) is 1. The molecular weight excluding hydrogens is 356 g/mol. The molecular formula is C17H22N4O4S. The number of fused-ring (bicyclic) bond motifs is 1. The fourth-order valence-electron chi connectivity index (χ4n) is 3.35. The van der Waals surface area contributed by atoms with E-state index in [4.69, 9.17) is 5.14 Å². The summed E-state index contributed by atoms with van der Waals surface area (Å²) in [6, 6.07) is 7.15. The Morgan fingerprint density at radius 1 is 1.31 bits per heavy atom. The van der Waals surface area contributed by atoms with Gasteiger partial charge < -0.3 is 4.90 Å². The molecule has 1 aromatic heterocycles. The van der Waals surface area contributed by atoms with E-state index < -0.39 is 10.0 Å². The second-order valence-electron chi connectivity index (χ2n) is 6.69. The van der Waals surface area contributed by atoms with E-state index >= 15 is 0 Å². The summed E-state index contributed by atoms with van der Waals surface area (Å²) in [6.45, 7) is 1.39. The molecule has 1 amide bonds. The smallest absolute Gasteiger partial charge is 0.261 e. The number of amides is 1. The van der Waals surface area contributed by atoms with Crippen molar-refractivity contribution in [2.75, 3.05) is 18.8 Å². The van der Waals surface area contributed by atoms with Gasteiger partial charge in [-0.1, -0.05) is 12.1 Å². The largest absolute Gasteiger partial charge is 0.342 e. The van der Waals surface area contributed by atoms with E-state index in [0.717, 1.165) is 0 Å². The van der Waals surface area contributed by atoms with E-state index in [0.29, 0.717) is 49.8 Å². The topological polar surface area (TPSA) is 115 Å². The highest BCUT2D eigenvalue weighted by Crippen LogP contribution is 2.18. The lowest BCUT2D eigenvalue weighted by molar-refractivity contribution is -0.130. The van der Waals surface area contributed by atoms with Crippen LogP contribution in [0.1, 0.15) is 19.3 Å².